The minimum absolute atomic E-state index is 0.300. The van der Waals surface area contributed by atoms with Crippen LogP contribution in [0.15, 0.2) is 127 Å². The number of allylic oxidation sites excluding steroid dienone is 2. The Balaban J connectivity index is 1.50. The Labute approximate surface area is 253 Å². The van der Waals surface area contributed by atoms with Crippen LogP contribution in [0.5, 0.6) is 0 Å². The van der Waals surface area contributed by atoms with Gasteiger partial charge in [0.1, 0.15) is 0 Å². The first-order chi connectivity index (χ1) is 20.3. The molecular weight excluding hydrogens is 699 g/mol. The van der Waals surface area contributed by atoms with Gasteiger partial charge in [-0.1, -0.05) is 0 Å². The second-order valence-corrected chi connectivity index (χ2v) is 93.7. The third-order valence-corrected chi connectivity index (χ3v) is 58.6. The van der Waals surface area contributed by atoms with E-state index in [1.165, 1.54) is 59.0 Å². The monoisotopic (exact) mass is 742 g/mol. The van der Waals surface area contributed by atoms with Crippen molar-refractivity contribution in [2.45, 2.75) is 35.2 Å². The Kier molecular flexibility index (Phi) is 5.72. The van der Waals surface area contributed by atoms with Crippen LogP contribution in [-0.2, 0) is 14.2 Å². The van der Waals surface area contributed by atoms with E-state index in [2.05, 4.69) is 174 Å². The van der Waals surface area contributed by atoms with Crippen molar-refractivity contribution in [1.82, 2.24) is 0 Å². The normalized spacial score (nSPS) is 19.6. The summed E-state index contributed by atoms with van der Waals surface area (Å²) in [6.45, 7) is 6.73. The van der Waals surface area contributed by atoms with Crippen LogP contribution in [0.3, 0.4) is 0 Å². The van der Waals surface area contributed by atoms with Crippen LogP contribution < -0.4 is 3.32 Å². The molecule has 2 unspecified atom stereocenters. The molecule has 0 bridgehead atoms. The van der Waals surface area contributed by atoms with E-state index in [1.807, 2.05) is 0 Å². The summed E-state index contributed by atoms with van der Waals surface area (Å²) in [6.07, 6.45) is 10.1. The van der Waals surface area contributed by atoms with Crippen LogP contribution in [0.25, 0.3) is 34.4 Å². The molecule has 0 N–H and O–H groups in total. The van der Waals surface area contributed by atoms with Gasteiger partial charge in [-0.2, -0.15) is 0 Å². The van der Waals surface area contributed by atoms with E-state index >= 15 is 0 Å². The van der Waals surface area contributed by atoms with Crippen LogP contribution in [0, 0.1) is 13.8 Å². The van der Waals surface area contributed by atoms with Crippen molar-refractivity contribution in [3.63, 3.8) is 0 Å². The molecular formula is C41H42HfSi. The molecule has 43 heavy (non-hydrogen) atoms. The van der Waals surface area contributed by atoms with Gasteiger partial charge in [0.25, 0.3) is 0 Å². The van der Waals surface area contributed by atoms with Crippen molar-refractivity contribution in [2.75, 3.05) is 0 Å². The maximum atomic E-state index is 2.75. The summed E-state index contributed by atoms with van der Waals surface area (Å²) in [6, 6.07) is 43.7. The van der Waals surface area contributed by atoms with Crippen molar-refractivity contribution in [2.24, 2.45) is 0 Å². The fourth-order valence-electron chi connectivity index (χ4n) is 8.85. The molecule has 0 nitrogen and oxygen atoms in total. The molecule has 0 heterocycles. The fraction of sp³-hybridized carbons (Fsp3) is 0.171. The van der Waals surface area contributed by atoms with Gasteiger partial charge in [-0.15, -0.1) is 0 Å². The van der Waals surface area contributed by atoms with Gasteiger partial charge < -0.3 is 0 Å². The standard InChI is InChI=1S/2C16H13.C6H5.3CH3.Hf.H2Si/c2*1-12-8-10-14(11-9-12)16-7-3-5-13-4-2-6-15(13)16;1-2-4-6-5-3-1;;;;;/h2*2-11H,1H3;1-5H;3*1H3;;1H2. The molecule has 0 radical (unpaired) electrons. The van der Waals surface area contributed by atoms with E-state index in [1.54, 1.807) is 0 Å². The Hall–Kier alpha value is -3.33. The van der Waals surface area contributed by atoms with Crippen LogP contribution in [0.2, 0.25) is 14.0 Å². The second kappa shape index (κ2) is 8.64. The summed E-state index contributed by atoms with van der Waals surface area (Å²) in [5.74, 6) is 0. The average Bonchev–Trinajstić information content (AvgIpc) is 3.66. The molecule has 0 amide bonds. The van der Waals surface area contributed by atoms with Gasteiger partial charge in [-0.05, 0) is 0 Å². The predicted molar refractivity (Wildman–Crippen MR) is 189 cm³/mol. The molecule has 0 fully saturated rings. The van der Waals surface area contributed by atoms with Crippen LogP contribution >= 0.6 is 0 Å². The fourth-order valence-corrected chi connectivity index (χ4v) is 46.9. The zero-order valence-electron chi connectivity index (χ0n) is 26.1. The maximum absolute atomic E-state index is 5.31. The van der Waals surface area contributed by atoms with E-state index in [0.29, 0.717) is 7.35 Å². The molecule has 214 valence electrons. The molecule has 0 aliphatic heterocycles. The molecule has 0 saturated heterocycles. The van der Waals surface area contributed by atoms with Crippen molar-refractivity contribution in [3.05, 3.63) is 161 Å². The third-order valence-electron chi connectivity index (χ3n) is 11.7. The van der Waals surface area contributed by atoms with E-state index in [9.17, 15) is 0 Å². The van der Waals surface area contributed by atoms with Gasteiger partial charge >= 0.3 is 255 Å². The van der Waals surface area contributed by atoms with E-state index in [4.69, 9.17) is 0 Å². The average molecular weight is 741 g/mol. The number of benzene rings is 5. The molecule has 5 aromatic rings. The van der Waals surface area contributed by atoms with Gasteiger partial charge in [0.05, 0.1) is 0 Å². The van der Waals surface area contributed by atoms with Crippen molar-refractivity contribution >= 4 is 22.4 Å². The molecule has 5 aromatic carbocycles. The van der Waals surface area contributed by atoms with Gasteiger partial charge in [-0.25, -0.2) is 0 Å². The molecule has 0 spiro atoms. The van der Waals surface area contributed by atoms with Crippen molar-refractivity contribution in [1.29, 1.82) is 0 Å². The van der Waals surface area contributed by atoms with E-state index in [-0.39, 0.29) is 0 Å². The summed E-state index contributed by atoms with van der Waals surface area (Å²) in [5.41, 5.74) is 13.6. The van der Waals surface area contributed by atoms with Gasteiger partial charge in [0.2, 0.25) is 0 Å². The number of aryl methyl sites for hydroxylation is 2. The zero-order valence-corrected chi connectivity index (χ0v) is 31.1. The van der Waals surface area contributed by atoms with Crippen LogP contribution in [-0.4, -0.2) is 6.94 Å². The zero-order chi connectivity index (χ0) is 30.1. The summed E-state index contributed by atoms with van der Waals surface area (Å²) in [7, 11) is 0. The first kappa shape index (κ1) is 28.4. The van der Waals surface area contributed by atoms with Gasteiger partial charge in [0, 0.05) is 0 Å². The summed E-state index contributed by atoms with van der Waals surface area (Å²) >= 11 is -5.31. The van der Waals surface area contributed by atoms with Crippen LogP contribution in [0.4, 0.5) is 0 Å². The number of hydrogen-bond donors (Lipinski definition) is 0. The SMILES string of the molecule is Cc1ccc(-c2cccc3c2C=C[CH]3[Hf]([CH3])([CH3])([CH3])(=[SiH2])([c]2ccccc2)[CH]2C=Cc3c(-c4ccc(C)cc4)cccc32)cc1. The number of rotatable bonds is 5. The topological polar surface area (TPSA) is 0 Å². The Morgan fingerprint density at radius 2 is 0.907 bits per heavy atom. The first-order valence-electron chi connectivity index (χ1n) is 15.7. The molecule has 2 aliphatic rings. The summed E-state index contributed by atoms with van der Waals surface area (Å²) in [4.78, 5) is 0. The predicted octanol–water partition coefficient (Wildman–Crippen LogP) is 10.3. The molecule has 0 aromatic heterocycles. The second-order valence-electron chi connectivity index (χ2n) is 16.5. The van der Waals surface area contributed by atoms with Crippen molar-refractivity contribution < 1.29 is 14.2 Å². The Bertz CT molecular complexity index is 1980. The number of hydrogen-bond acceptors (Lipinski definition) is 0. The number of fused-ring (bicyclic) bond motifs is 2. The Morgan fingerprint density at radius 3 is 1.33 bits per heavy atom. The molecule has 2 atom stereocenters. The van der Waals surface area contributed by atoms with Gasteiger partial charge in [-0.3, -0.25) is 0 Å². The third kappa shape index (κ3) is 3.95. The molecule has 0 saturated carbocycles. The first-order valence-corrected chi connectivity index (χ1v) is 40.8. The van der Waals surface area contributed by atoms with Gasteiger partial charge in [0.15, 0.2) is 0 Å². The van der Waals surface area contributed by atoms with E-state index < -0.39 is 14.2 Å². The summed E-state index contributed by atoms with van der Waals surface area (Å²) in [5, 5.41) is 0. The van der Waals surface area contributed by atoms with Crippen molar-refractivity contribution in [3.8, 4) is 22.3 Å². The minimum atomic E-state index is -5.31. The molecule has 2 aliphatic carbocycles. The van der Waals surface area contributed by atoms with Crippen LogP contribution in [0.1, 0.15) is 40.7 Å². The molecule has 7 rings (SSSR count). The quantitative estimate of drug-likeness (QED) is 0.157. The summed E-state index contributed by atoms with van der Waals surface area (Å²) < 4.78 is 10.4. The molecule has 2 heteroatoms. The van der Waals surface area contributed by atoms with E-state index in [0.717, 1.165) is 0 Å². The Morgan fingerprint density at radius 1 is 0.488 bits per heavy atom.